The summed E-state index contributed by atoms with van der Waals surface area (Å²) in [5.74, 6) is -0.436. The summed E-state index contributed by atoms with van der Waals surface area (Å²) in [5, 5.41) is 2.58. The van der Waals surface area contributed by atoms with Crippen LogP contribution in [0.25, 0.3) is 0 Å². The molecule has 0 saturated heterocycles. The van der Waals surface area contributed by atoms with Crippen LogP contribution in [-0.4, -0.2) is 24.5 Å². The number of alkyl halides is 3. The zero-order valence-corrected chi connectivity index (χ0v) is 13.2. The first-order valence-corrected chi connectivity index (χ1v) is 7.51. The Bertz CT molecular complexity index is 713. The van der Waals surface area contributed by atoms with Crippen LogP contribution < -0.4 is 10.1 Å². The maximum atomic E-state index is 12.1. The number of benzene rings is 2. The number of ketones is 1. The molecule has 0 atom stereocenters. The Morgan fingerprint density at radius 1 is 0.920 bits per heavy atom. The third kappa shape index (κ3) is 6.66. The molecule has 0 unspecified atom stereocenters. The second-order valence-corrected chi connectivity index (χ2v) is 5.27. The average Bonchev–Trinajstić information content (AvgIpc) is 2.59. The standard InChI is InChI=1S/C18H16F3NO3/c19-18(20,21)12-25-15-8-6-14(7-9-15)22-17(24)11-10-16(23)13-4-2-1-3-5-13/h1-9H,10-12H2,(H,22,24). The molecule has 0 heterocycles. The Kier molecular flexibility index (Phi) is 6.16. The molecule has 0 aliphatic heterocycles. The van der Waals surface area contributed by atoms with Gasteiger partial charge in [0, 0.05) is 24.1 Å². The van der Waals surface area contributed by atoms with Gasteiger partial charge in [-0.05, 0) is 24.3 Å². The molecule has 4 nitrogen and oxygen atoms in total. The van der Waals surface area contributed by atoms with Crippen molar-refractivity contribution in [2.45, 2.75) is 19.0 Å². The minimum absolute atomic E-state index is 0.0139. The number of hydrogen-bond donors (Lipinski definition) is 1. The van der Waals surface area contributed by atoms with E-state index in [-0.39, 0.29) is 30.3 Å². The van der Waals surface area contributed by atoms with E-state index >= 15 is 0 Å². The van der Waals surface area contributed by atoms with Crippen molar-refractivity contribution < 1.29 is 27.5 Å². The third-order valence-electron chi connectivity index (χ3n) is 3.22. The summed E-state index contributed by atoms with van der Waals surface area (Å²) in [6.07, 6.45) is -4.32. The zero-order chi connectivity index (χ0) is 18.3. The van der Waals surface area contributed by atoms with Gasteiger partial charge in [-0.1, -0.05) is 30.3 Å². The molecule has 0 saturated carbocycles. The van der Waals surface area contributed by atoms with Crippen molar-refractivity contribution in [3.63, 3.8) is 0 Å². The lowest BCUT2D eigenvalue weighted by molar-refractivity contribution is -0.153. The maximum Gasteiger partial charge on any atom is 0.422 e. The van der Waals surface area contributed by atoms with Gasteiger partial charge >= 0.3 is 6.18 Å². The van der Waals surface area contributed by atoms with Crippen LogP contribution in [0.1, 0.15) is 23.2 Å². The highest BCUT2D eigenvalue weighted by atomic mass is 19.4. The van der Waals surface area contributed by atoms with E-state index in [1.807, 2.05) is 0 Å². The number of amides is 1. The zero-order valence-electron chi connectivity index (χ0n) is 13.2. The van der Waals surface area contributed by atoms with Gasteiger partial charge in [-0.15, -0.1) is 0 Å². The van der Waals surface area contributed by atoms with E-state index in [2.05, 4.69) is 10.1 Å². The lowest BCUT2D eigenvalue weighted by atomic mass is 10.1. The minimum atomic E-state index is -4.40. The maximum absolute atomic E-state index is 12.1. The molecular formula is C18H16F3NO3. The monoisotopic (exact) mass is 351 g/mol. The minimum Gasteiger partial charge on any atom is -0.484 e. The van der Waals surface area contributed by atoms with Crippen molar-refractivity contribution >= 4 is 17.4 Å². The van der Waals surface area contributed by atoms with Crippen molar-refractivity contribution in [3.05, 3.63) is 60.2 Å². The number of rotatable bonds is 7. The highest BCUT2D eigenvalue weighted by molar-refractivity contribution is 5.99. The summed E-state index contributed by atoms with van der Waals surface area (Å²) >= 11 is 0. The SMILES string of the molecule is O=C(CCC(=O)c1ccccc1)Nc1ccc(OCC(F)(F)F)cc1. The van der Waals surface area contributed by atoms with Gasteiger partial charge in [-0.25, -0.2) is 0 Å². The number of hydrogen-bond acceptors (Lipinski definition) is 3. The van der Waals surface area contributed by atoms with Crippen LogP contribution in [0.3, 0.4) is 0 Å². The summed E-state index contributed by atoms with van der Waals surface area (Å²) in [6.45, 7) is -1.37. The normalized spacial score (nSPS) is 11.0. The van der Waals surface area contributed by atoms with Crippen molar-refractivity contribution in [1.29, 1.82) is 0 Å². The predicted molar refractivity (Wildman–Crippen MR) is 86.6 cm³/mol. The number of ether oxygens (including phenoxy) is 1. The summed E-state index contributed by atoms with van der Waals surface area (Å²) < 4.78 is 40.7. The Labute approximate surface area is 142 Å². The molecule has 1 amide bonds. The molecule has 0 aliphatic carbocycles. The molecule has 0 fully saturated rings. The number of Topliss-reactive ketones (excluding diaryl/α,β-unsaturated/α-hetero) is 1. The molecular weight excluding hydrogens is 335 g/mol. The number of carbonyl (C=O) groups is 2. The highest BCUT2D eigenvalue weighted by Crippen LogP contribution is 2.20. The van der Waals surface area contributed by atoms with Gasteiger partial charge in [0.1, 0.15) is 5.75 Å². The molecule has 7 heteroatoms. The summed E-state index contributed by atoms with van der Waals surface area (Å²) in [6, 6.07) is 14.2. The Morgan fingerprint density at radius 3 is 2.16 bits per heavy atom. The van der Waals surface area contributed by atoms with E-state index in [4.69, 9.17) is 0 Å². The van der Waals surface area contributed by atoms with Crippen molar-refractivity contribution in [2.24, 2.45) is 0 Å². The Balaban J connectivity index is 1.79. The summed E-state index contributed by atoms with van der Waals surface area (Å²) in [4.78, 5) is 23.8. The van der Waals surface area contributed by atoms with Crippen LogP contribution in [-0.2, 0) is 4.79 Å². The van der Waals surface area contributed by atoms with E-state index in [1.54, 1.807) is 30.3 Å². The molecule has 25 heavy (non-hydrogen) atoms. The van der Waals surface area contributed by atoms with Crippen LogP contribution in [0.15, 0.2) is 54.6 Å². The topological polar surface area (TPSA) is 55.4 Å². The van der Waals surface area contributed by atoms with E-state index in [1.165, 1.54) is 24.3 Å². The van der Waals surface area contributed by atoms with Gasteiger partial charge in [0.2, 0.25) is 5.91 Å². The van der Waals surface area contributed by atoms with Gasteiger partial charge in [0.25, 0.3) is 0 Å². The smallest absolute Gasteiger partial charge is 0.422 e. The molecule has 2 aromatic rings. The molecule has 2 rings (SSSR count). The Hall–Kier alpha value is -2.83. The van der Waals surface area contributed by atoms with E-state index in [9.17, 15) is 22.8 Å². The molecule has 0 spiro atoms. The number of halogens is 3. The number of anilines is 1. The van der Waals surface area contributed by atoms with Crippen LogP contribution >= 0.6 is 0 Å². The van der Waals surface area contributed by atoms with Crippen molar-refractivity contribution in [3.8, 4) is 5.75 Å². The number of nitrogens with one attached hydrogen (secondary N) is 1. The van der Waals surface area contributed by atoms with Crippen LogP contribution in [0, 0.1) is 0 Å². The quantitative estimate of drug-likeness (QED) is 0.760. The fraction of sp³-hybridized carbons (Fsp3) is 0.222. The molecule has 1 N–H and O–H groups in total. The van der Waals surface area contributed by atoms with Gasteiger partial charge in [0.15, 0.2) is 12.4 Å². The van der Waals surface area contributed by atoms with E-state index in [0.717, 1.165) is 0 Å². The molecule has 0 aliphatic rings. The second-order valence-electron chi connectivity index (χ2n) is 5.27. The van der Waals surface area contributed by atoms with Crippen molar-refractivity contribution in [2.75, 3.05) is 11.9 Å². The molecule has 132 valence electrons. The van der Waals surface area contributed by atoms with Gasteiger partial charge in [0.05, 0.1) is 0 Å². The van der Waals surface area contributed by atoms with Gasteiger partial charge < -0.3 is 10.1 Å². The molecule has 0 aromatic heterocycles. The number of carbonyl (C=O) groups excluding carboxylic acids is 2. The molecule has 0 radical (unpaired) electrons. The fourth-order valence-electron chi connectivity index (χ4n) is 2.02. The average molecular weight is 351 g/mol. The predicted octanol–water partition coefficient (Wildman–Crippen LogP) is 4.23. The first-order valence-electron chi connectivity index (χ1n) is 7.51. The third-order valence-corrected chi connectivity index (χ3v) is 3.22. The lowest BCUT2D eigenvalue weighted by Gasteiger charge is -2.10. The van der Waals surface area contributed by atoms with Crippen LogP contribution in [0.5, 0.6) is 5.75 Å². The first-order chi connectivity index (χ1) is 11.8. The largest absolute Gasteiger partial charge is 0.484 e. The fourth-order valence-corrected chi connectivity index (χ4v) is 2.02. The summed E-state index contributed by atoms with van der Waals surface area (Å²) in [5.41, 5.74) is 0.956. The molecule has 2 aromatic carbocycles. The molecule has 0 bridgehead atoms. The summed E-state index contributed by atoms with van der Waals surface area (Å²) in [7, 11) is 0. The first kappa shape index (κ1) is 18.5. The van der Waals surface area contributed by atoms with Crippen molar-refractivity contribution in [1.82, 2.24) is 0 Å². The van der Waals surface area contributed by atoms with Crippen LogP contribution in [0.4, 0.5) is 18.9 Å². The van der Waals surface area contributed by atoms with Gasteiger partial charge in [-0.2, -0.15) is 13.2 Å². The van der Waals surface area contributed by atoms with Gasteiger partial charge in [-0.3, -0.25) is 9.59 Å². The second kappa shape index (κ2) is 8.32. The lowest BCUT2D eigenvalue weighted by Crippen LogP contribution is -2.19. The van der Waals surface area contributed by atoms with Crippen LogP contribution in [0.2, 0.25) is 0 Å². The van der Waals surface area contributed by atoms with E-state index in [0.29, 0.717) is 11.3 Å². The highest BCUT2D eigenvalue weighted by Gasteiger charge is 2.28. The van der Waals surface area contributed by atoms with E-state index < -0.39 is 12.8 Å². The Morgan fingerprint density at radius 2 is 1.56 bits per heavy atom.